The van der Waals surface area contributed by atoms with E-state index in [9.17, 15) is 9.59 Å². The Labute approximate surface area is 132 Å². The van der Waals surface area contributed by atoms with Gasteiger partial charge in [0.2, 0.25) is 11.8 Å². The van der Waals surface area contributed by atoms with Gasteiger partial charge < -0.3 is 9.80 Å². The minimum atomic E-state index is 0.213. The lowest BCUT2D eigenvalue weighted by molar-refractivity contribution is -0.142. The van der Waals surface area contributed by atoms with Gasteiger partial charge in [-0.2, -0.15) is 0 Å². The molecule has 0 unspecified atom stereocenters. The molecular formula is C18H26N2O2. The lowest BCUT2D eigenvalue weighted by Crippen LogP contribution is -2.51. The molecular weight excluding hydrogens is 276 g/mol. The van der Waals surface area contributed by atoms with Gasteiger partial charge in [0.25, 0.3) is 0 Å². The quantitative estimate of drug-likeness (QED) is 0.750. The van der Waals surface area contributed by atoms with E-state index >= 15 is 0 Å². The first kappa shape index (κ1) is 14.3. The smallest absolute Gasteiger partial charge is 0.226 e. The number of piperidine rings is 1. The first-order valence-electron chi connectivity index (χ1n) is 8.99. The Hall–Kier alpha value is -1.32. The van der Waals surface area contributed by atoms with Crippen LogP contribution < -0.4 is 0 Å². The van der Waals surface area contributed by atoms with E-state index in [1.807, 2.05) is 4.90 Å². The molecule has 2 amide bonds. The summed E-state index contributed by atoms with van der Waals surface area (Å²) in [5.41, 5.74) is 0. The maximum Gasteiger partial charge on any atom is 0.226 e. The van der Waals surface area contributed by atoms with Crippen molar-refractivity contribution in [3.8, 4) is 0 Å². The van der Waals surface area contributed by atoms with Crippen molar-refractivity contribution in [1.82, 2.24) is 9.80 Å². The summed E-state index contributed by atoms with van der Waals surface area (Å²) in [6.45, 7) is 2.54. The summed E-state index contributed by atoms with van der Waals surface area (Å²) in [4.78, 5) is 29.1. The van der Waals surface area contributed by atoms with E-state index in [1.165, 1.54) is 12.8 Å². The van der Waals surface area contributed by atoms with Crippen LogP contribution in [0.4, 0.5) is 0 Å². The highest BCUT2D eigenvalue weighted by atomic mass is 16.2. The predicted molar refractivity (Wildman–Crippen MR) is 84.0 cm³/mol. The van der Waals surface area contributed by atoms with Crippen molar-refractivity contribution >= 4 is 11.8 Å². The van der Waals surface area contributed by atoms with Crippen LogP contribution in [0, 0.1) is 17.8 Å². The Balaban J connectivity index is 1.45. The number of hydrogen-bond donors (Lipinski definition) is 0. The highest BCUT2D eigenvalue weighted by Gasteiger charge is 2.43. The second-order valence-corrected chi connectivity index (χ2v) is 7.51. The molecule has 3 fully saturated rings. The number of likely N-dealkylation sites (tertiary alicyclic amines) is 2. The van der Waals surface area contributed by atoms with Crippen molar-refractivity contribution in [3.05, 3.63) is 12.2 Å². The van der Waals surface area contributed by atoms with Gasteiger partial charge in [0.15, 0.2) is 0 Å². The number of allylic oxidation sites excluding steroid dienone is 2. The summed E-state index contributed by atoms with van der Waals surface area (Å²) in [6, 6.07) is 0.256. The molecule has 0 aromatic heterocycles. The molecule has 4 aliphatic rings. The fourth-order valence-corrected chi connectivity index (χ4v) is 4.91. The Kier molecular flexibility index (Phi) is 3.71. The van der Waals surface area contributed by atoms with Crippen LogP contribution in [0.15, 0.2) is 12.2 Å². The molecule has 2 aliphatic heterocycles. The van der Waals surface area contributed by atoms with Crippen LogP contribution in [0.25, 0.3) is 0 Å². The Morgan fingerprint density at radius 3 is 2.73 bits per heavy atom. The summed E-state index contributed by atoms with van der Waals surface area (Å²) in [5, 5.41) is 0. The Morgan fingerprint density at radius 2 is 2.05 bits per heavy atom. The molecule has 2 aliphatic carbocycles. The predicted octanol–water partition coefficient (Wildman–Crippen LogP) is 2.20. The molecule has 2 saturated heterocycles. The van der Waals surface area contributed by atoms with Crippen molar-refractivity contribution in [2.45, 2.75) is 51.0 Å². The van der Waals surface area contributed by atoms with Gasteiger partial charge in [0.1, 0.15) is 0 Å². The van der Waals surface area contributed by atoms with Crippen LogP contribution in [-0.2, 0) is 9.59 Å². The molecule has 0 aromatic carbocycles. The van der Waals surface area contributed by atoms with Gasteiger partial charge in [0, 0.05) is 38.0 Å². The molecule has 1 saturated carbocycles. The zero-order chi connectivity index (χ0) is 15.1. The highest BCUT2D eigenvalue weighted by Crippen LogP contribution is 2.44. The van der Waals surface area contributed by atoms with Crippen LogP contribution in [-0.4, -0.2) is 47.3 Å². The molecule has 4 heteroatoms. The standard InChI is InChI=1S/C18H26N2O2/c21-17-5-3-8-19(17)12-15-4-1-2-9-20(15)18(22)16-11-13-6-7-14(16)10-13/h6-7,13-16H,1-5,8-12H2/t13-,14-,15-,16-/m0/s1. The van der Waals surface area contributed by atoms with E-state index in [0.717, 1.165) is 45.3 Å². The van der Waals surface area contributed by atoms with E-state index in [2.05, 4.69) is 17.1 Å². The lowest BCUT2D eigenvalue weighted by Gasteiger charge is -2.40. The topological polar surface area (TPSA) is 40.6 Å². The maximum absolute atomic E-state index is 13.0. The monoisotopic (exact) mass is 302 g/mol. The molecule has 2 heterocycles. The van der Waals surface area contributed by atoms with Gasteiger partial charge >= 0.3 is 0 Å². The van der Waals surface area contributed by atoms with Gasteiger partial charge in [0.05, 0.1) is 0 Å². The lowest BCUT2D eigenvalue weighted by atomic mass is 9.90. The second-order valence-electron chi connectivity index (χ2n) is 7.51. The molecule has 4 atom stereocenters. The molecule has 0 N–H and O–H groups in total. The van der Waals surface area contributed by atoms with Crippen LogP contribution in [0.5, 0.6) is 0 Å². The molecule has 0 aromatic rings. The third-order valence-corrected chi connectivity index (χ3v) is 6.11. The van der Waals surface area contributed by atoms with E-state index in [-0.39, 0.29) is 17.9 Å². The zero-order valence-electron chi connectivity index (χ0n) is 13.2. The Morgan fingerprint density at radius 1 is 1.14 bits per heavy atom. The largest absolute Gasteiger partial charge is 0.341 e. The summed E-state index contributed by atoms with van der Waals surface area (Å²) in [7, 11) is 0. The van der Waals surface area contributed by atoms with Crippen molar-refractivity contribution < 1.29 is 9.59 Å². The van der Waals surface area contributed by atoms with Gasteiger partial charge in [-0.15, -0.1) is 0 Å². The molecule has 0 radical (unpaired) electrons. The van der Waals surface area contributed by atoms with Crippen molar-refractivity contribution in [3.63, 3.8) is 0 Å². The summed E-state index contributed by atoms with van der Waals surface area (Å²) in [5.74, 6) is 1.98. The number of fused-ring (bicyclic) bond motifs is 2. The number of hydrogen-bond acceptors (Lipinski definition) is 2. The van der Waals surface area contributed by atoms with Crippen LogP contribution >= 0.6 is 0 Å². The first-order valence-corrected chi connectivity index (χ1v) is 8.99. The molecule has 2 bridgehead atoms. The minimum Gasteiger partial charge on any atom is -0.341 e. The fraction of sp³-hybridized carbons (Fsp3) is 0.778. The average molecular weight is 302 g/mol. The van der Waals surface area contributed by atoms with Crippen LogP contribution in [0.1, 0.15) is 44.9 Å². The van der Waals surface area contributed by atoms with E-state index in [1.54, 1.807) is 0 Å². The molecule has 0 spiro atoms. The van der Waals surface area contributed by atoms with Gasteiger partial charge in [-0.1, -0.05) is 12.2 Å². The average Bonchev–Trinajstić information content (AvgIpc) is 3.25. The molecule has 4 nitrogen and oxygen atoms in total. The van der Waals surface area contributed by atoms with Crippen LogP contribution in [0.2, 0.25) is 0 Å². The summed E-state index contributed by atoms with van der Waals surface area (Å²) >= 11 is 0. The first-order chi connectivity index (χ1) is 10.7. The number of rotatable bonds is 3. The SMILES string of the molecule is O=C1CCCN1C[C@@H]1CCCCN1C(=O)[C@H]1C[C@H]2C=C[C@H]1C2. The van der Waals surface area contributed by atoms with Crippen molar-refractivity contribution in [1.29, 1.82) is 0 Å². The normalized spacial score (nSPS) is 37.4. The van der Waals surface area contributed by atoms with Gasteiger partial charge in [-0.3, -0.25) is 9.59 Å². The third kappa shape index (κ3) is 2.46. The van der Waals surface area contributed by atoms with E-state index in [4.69, 9.17) is 0 Å². The number of nitrogens with zero attached hydrogens (tertiary/aromatic N) is 2. The van der Waals surface area contributed by atoms with Crippen LogP contribution in [0.3, 0.4) is 0 Å². The number of carbonyl (C=O) groups excluding carboxylic acids is 2. The Bertz CT molecular complexity index is 501. The van der Waals surface area contributed by atoms with Gasteiger partial charge in [-0.25, -0.2) is 0 Å². The number of carbonyl (C=O) groups is 2. The maximum atomic E-state index is 13.0. The zero-order valence-corrected chi connectivity index (χ0v) is 13.2. The minimum absolute atomic E-state index is 0.213. The molecule has 120 valence electrons. The third-order valence-electron chi connectivity index (χ3n) is 6.11. The number of amides is 2. The van der Waals surface area contributed by atoms with E-state index in [0.29, 0.717) is 24.2 Å². The van der Waals surface area contributed by atoms with E-state index < -0.39 is 0 Å². The van der Waals surface area contributed by atoms with Crippen molar-refractivity contribution in [2.24, 2.45) is 17.8 Å². The van der Waals surface area contributed by atoms with Gasteiger partial charge in [-0.05, 0) is 50.4 Å². The molecule has 22 heavy (non-hydrogen) atoms. The molecule has 4 rings (SSSR count). The van der Waals surface area contributed by atoms with Crippen molar-refractivity contribution in [2.75, 3.05) is 19.6 Å². The summed E-state index contributed by atoms with van der Waals surface area (Å²) < 4.78 is 0. The fourth-order valence-electron chi connectivity index (χ4n) is 4.91. The summed E-state index contributed by atoms with van der Waals surface area (Å²) in [6.07, 6.45) is 11.8. The second kappa shape index (κ2) is 5.71. The highest BCUT2D eigenvalue weighted by molar-refractivity contribution is 5.81.